The molecular weight excluding hydrogens is 531 g/mol. The third-order valence-corrected chi connectivity index (χ3v) is 7.56. The first-order valence-electron chi connectivity index (χ1n) is 13.2. The molecule has 0 saturated carbocycles. The molecule has 0 radical (unpaired) electrons. The highest BCUT2D eigenvalue weighted by molar-refractivity contribution is 7.10. The third-order valence-electron chi connectivity index (χ3n) is 6.82. The summed E-state index contributed by atoms with van der Waals surface area (Å²) in [5.74, 6) is -0.477. The molecule has 1 amide bonds. The molecule has 1 aliphatic rings. The minimum atomic E-state index is -0.652. The van der Waals surface area contributed by atoms with E-state index in [9.17, 15) is 9.18 Å². The van der Waals surface area contributed by atoms with Crippen LogP contribution in [0.2, 0.25) is 0 Å². The van der Waals surface area contributed by atoms with Gasteiger partial charge in [-0.1, -0.05) is 6.42 Å². The summed E-state index contributed by atoms with van der Waals surface area (Å²) < 4.78 is 22.2. The maximum absolute atomic E-state index is 13.8. The molecule has 40 heavy (non-hydrogen) atoms. The second-order valence-electron chi connectivity index (χ2n) is 9.82. The van der Waals surface area contributed by atoms with Crippen LogP contribution in [0.3, 0.4) is 0 Å². The number of anilines is 2. The van der Waals surface area contributed by atoms with E-state index in [1.165, 1.54) is 43.1 Å². The van der Waals surface area contributed by atoms with Gasteiger partial charge in [0.2, 0.25) is 0 Å². The molecule has 1 aliphatic heterocycles. The molecule has 1 fully saturated rings. The van der Waals surface area contributed by atoms with E-state index in [1.807, 2.05) is 23.7 Å². The van der Waals surface area contributed by atoms with Crippen molar-refractivity contribution in [2.75, 3.05) is 25.0 Å². The monoisotopic (exact) mass is 560 g/mol. The molecule has 2 N–H and O–H groups in total. The fraction of sp³-hybridized carbons (Fsp3) is 0.333. The van der Waals surface area contributed by atoms with Gasteiger partial charge in [0.05, 0.1) is 47.8 Å². The fourth-order valence-electron chi connectivity index (χ4n) is 4.87. The number of likely N-dealkylation sites (tertiary alicyclic amines) is 1. The molecule has 0 atom stereocenters. The summed E-state index contributed by atoms with van der Waals surface area (Å²) in [4.78, 5) is 27.7. The number of amides is 1. The topological polar surface area (TPSA) is 118 Å². The Kier molecular flexibility index (Phi) is 7.47. The van der Waals surface area contributed by atoms with Crippen LogP contribution >= 0.6 is 11.5 Å². The number of pyridine rings is 1. The first kappa shape index (κ1) is 26.0. The van der Waals surface area contributed by atoms with Crippen LogP contribution in [-0.2, 0) is 13.1 Å². The summed E-state index contributed by atoms with van der Waals surface area (Å²) >= 11 is 1.43. The van der Waals surface area contributed by atoms with E-state index < -0.39 is 11.7 Å². The minimum Gasteiger partial charge on any atom is -0.350 e. The van der Waals surface area contributed by atoms with Gasteiger partial charge in [0, 0.05) is 37.2 Å². The van der Waals surface area contributed by atoms with Crippen molar-refractivity contribution < 1.29 is 9.18 Å². The number of halogens is 1. The van der Waals surface area contributed by atoms with Crippen LogP contribution in [0.25, 0.3) is 16.9 Å². The summed E-state index contributed by atoms with van der Waals surface area (Å²) in [5, 5.41) is 11.5. The number of piperidine rings is 1. The van der Waals surface area contributed by atoms with Crippen molar-refractivity contribution in [3.8, 4) is 11.3 Å². The van der Waals surface area contributed by atoms with Gasteiger partial charge in [0.1, 0.15) is 5.00 Å². The van der Waals surface area contributed by atoms with Gasteiger partial charge in [-0.2, -0.15) is 9.47 Å². The highest BCUT2D eigenvalue weighted by Gasteiger charge is 2.16. The van der Waals surface area contributed by atoms with E-state index in [0.29, 0.717) is 24.6 Å². The van der Waals surface area contributed by atoms with Gasteiger partial charge in [-0.3, -0.25) is 23.8 Å². The number of fused-ring (bicyclic) bond motifs is 1. The summed E-state index contributed by atoms with van der Waals surface area (Å²) in [6.45, 7) is 5.80. The van der Waals surface area contributed by atoms with Crippen molar-refractivity contribution in [1.29, 1.82) is 0 Å². The molecule has 1 saturated heterocycles. The lowest BCUT2D eigenvalue weighted by molar-refractivity contribution is 0.0947. The van der Waals surface area contributed by atoms with E-state index >= 15 is 0 Å². The lowest BCUT2D eigenvalue weighted by Gasteiger charge is -2.25. The van der Waals surface area contributed by atoms with Crippen LogP contribution in [0.1, 0.15) is 41.0 Å². The van der Waals surface area contributed by atoms with Crippen LogP contribution in [0.5, 0.6) is 0 Å². The highest BCUT2D eigenvalue weighted by atomic mass is 32.1. The molecule has 5 aromatic heterocycles. The number of hydrogen-bond donors (Lipinski definition) is 2. The lowest BCUT2D eigenvalue weighted by Crippen LogP contribution is -2.29. The summed E-state index contributed by atoms with van der Waals surface area (Å²) in [5.41, 5.74) is 4.31. The maximum Gasteiger partial charge on any atom is 0.254 e. The molecular formula is C27H29FN10OS. The predicted molar refractivity (Wildman–Crippen MR) is 150 cm³/mol. The number of carbonyl (C=O) groups is 1. The first-order valence-corrected chi connectivity index (χ1v) is 14.0. The Morgan fingerprint density at radius 2 is 2.02 bits per heavy atom. The van der Waals surface area contributed by atoms with Crippen molar-refractivity contribution in [3.63, 3.8) is 0 Å². The molecule has 206 valence electrons. The van der Waals surface area contributed by atoms with Gasteiger partial charge in [-0.25, -0.2) is 14.4 Å². The average molecular weight is 561 g/mol. The van der Waals surface area contributed by atoms with Crippen molar-refractivity contribution in [2.45, 2.75) is 39.3 Å². The zero-order valence-electron chi connectivity index (χ0n) is 22.0. The normalized spacial score (nSPS) is 14.1. The Balaban J connectivity index is 1.13. The first-order chi connectivity index (χ1) is 19.5. The van der Waals surface area contributed by atoms with E-state index in [0.717, 1.165) is 53.5 Å². The Hall–Kier alpha value is -4.23. The standard InChI is InChI=1S/C27H29FN10OS/c1-18-15-38-23(19-12-32-37(16-19)10-7-30-27(39)21-5-6-29-13-22(21)28)14-31-26(38)25(33-18)34-24-11-20(35-40-24)17-36-8-3-2-4-9-36/h5-6,11-16H,2-4,7-10,17H2,1H3,(H,30,39)(H,33,34). The van der Waals surface area contributed by atoms with Gasteiger partial charge >= 0.3 is 0 Å². The average Bonchev–Trinajstić information content (AvgIpc) is 3.70. The Morgan fingerprint density at radius 1 is 1.15 bits per heavy atom. The molecule has 0 aliphatic carbocycles. The van der Waals surface area contributed by atoms with Crippen LogP contribution in [-0.4, -0.2) is 63.9 Å². The number of nitrogens with one attached hydrogen (secondary N) is 2. The maximum atomic E-state index is 13.8. The quantitative estimate of drug-likeness (QED) is 0.277. The Bertz CT molecular complexity index is 1640. The van der Waals surface area contributed by atoms with Crippen molar-refractivity contribution in [3.05, 3.63) is 72.1 Å². The van der Waals surface area contributed by atoms with Crippen LogP contribution < -0.4 is 10.6 Å². The van der Waals surface area contributed by atoms with E-state index in [1.54, 1.807) is 17.1 Å². The number of imidazole rings is 1. The van der Waals surface area contributed by atoms with Crippen LogP contribution in [0, 0.1) is 12.7 Å². The molecule has 0 bridgehead atoms. The molecule has 13 heteroatoms. The second kappa shape index (κ2) is 11.5. The number of rotatable bonds is 9. The smallest absolute Gasteiger partial charge is 0.254 e. The number of nitrogens with zero attached hydrogens (tertiary/aromatic N) is 8. The number of hydrogen-bond acceptors (Lipinski definition) is 9. The molecule has 0 unspecified atom stereocenters. The predicted octanol–water partition coefficient (Wildman–Crippen LogP) is 4.05. The van der Waals surface area contributed by atoms with E-state index in [4.69, 9.17) is 4.98 Å². The van der Waals surface area contributed by atoms with Crippen LogP contribution in [0.4, 0.5) is 15.2 Å². The van der Waals surface area contributed by atoms with Gasteiger partial charge in [0.25, 0.3) is 5.91 Å². The zero-order chi connectivity index (χ0) is 27.5. The zero-order valence-corrected chi connectivity index (χ0v) is 22.9. The summed E-state index contributed by atoms with van der Waals surface area (Å²) in [6, 6.07) is 3.44. The molecule has 6 rings (SSSR count). The summed E-state index contributed by atoms with van der Waals surface area (Å²) in [6.07, 6.45) is 13.6. The number of aromatic nitrogens is 7. The second-order valence-corrected chi connectivity index (χ2v) is 10.6. The third kappa shape index (κ3) is 5.70. The fourth-order valence-corrected chi connectivity index (χ4v) is 5.53. The molecule has 0 spiro atoms. The van der Waals surface area contributed by atoms with Crippen molar-refractivity contribution >= 4 is 33.9 Å². The van der Waals surface area contributed by atoms with E-state index in [-0.39, 0.29) is 5.56 Å². The summed E-state index contributed by atoms with van der Waals surface area (Å²) in [7, 11) is 0. The largest absolute Gasteiger partial charge is 0.350 e. The van der Waals surface area contributed by atoms with Crippen molar-refractivity contribution in [2.24, 2.45) is 0 Å². The van der Waals surface area contributed by atoms with Crippen molar-refractivity contribution in [1.82, 2.24) is 43.7 Å². The van der Waals surface area contributed by atoms with Gasteiger partial charge < -0.3 is 10.6 Å². The Labute approximate surface area is 234 Å². The van der Waals surface area contributed by atoms with E-state index in [2.05, 4.69) is 41.0 Å². The van der Waals surface area contributed by atoms with Gasteiger partial charge in [0.15, 0.2) is 17.3 Å². The lowest BCUT2D eigenvalue weighted by atomic mass is 10.1. The highest BCUT2D eigenvalue weighted by Crippen LogP contribution is 2.28. The van der Waals surface area contributed by atoms with Crippen LogP contribution in [0.15, 0.2) is 49.3 Å². The van der Waals surface area contributed by atoms with Gasteiger partial charge in [-0.15, -0.1) is 0 Å². The number of carbonyl (C=O) groups excluding carboxylic acids is 1. The minimum absolute atomic E-state index is 0.0353. The number of aryl methyl sites for hydroxylation is 1. The van der Waals surface area contributed by atoms with Gasteiger partial charge in [-0.05, 0) is 56.5 Å². The molecule has 5 aromatic rings. The molecule has 0 aromatic carbocycles. The molecule has 11 nitrogen and oxygen atoms in total. The Morgan fingerprint density at radius 3 is 2.88 bits per heavy atom. The molecule has 6 heterocycles. The SMILES string of the molecule is Cc1cn2c(-c3cnn(CCNC(=O)c4ccncc4F)c3)cnc2c(Nc2cc(CN3CCCCC3)ns2)n1.